The Morgan fingerprint density at radius 3 is 2.55 bits per heavy atom. The zero-order valence-electron chi connectivity index (χ0n) is 25.8. The van der Waals surface area contributed by atoms with Gasteiger partial charge in [0.2, 0.25) is 5.95 Å². The molecule has 0 radical (unpaired) electrons. The van der Waals surface area contributed by atoms with Gasteiger partial charge in [0.25, 0.3) is 5.56 Å². The number of nitrogens with zero attached hydrogens (tertiary/aromatic N) is 4. The van der Waals surface area contributed by atoms with Gasteiger partial charge in [-0.2, -0.15) is 4.98 Å². The molecule has 0 amide bonds. The molecule has 10 heteroatoms. The van der Waals surface area contributed by atoms with Crippen LogP contribution in [-0.2, 0) is 6.54 Å². The lowest BCUT2D eigenvalue weighted by Gasteiger charge is -2.29. The summed E-state index contributed by atoms with van der Waals surface area (Å²) in [5, 5.41) is 6.98. The molecule has 0 spiro atoms. The third-order valence-electron chi connectivity index (χ3n) is 8.85. The van der Waals surface area contributed by atoms with Crippen molar-refractivity contribution in [1.82, 2.24) is 19.9 Å². The van der Waals surface area contributed by atoms with Gasteiger partial charge in [-0.1, -0.05) is 49.2 Å². The van der Waals surface area contributed by atoms with Crippen LogP contribution in [0, 0.1) is 23.7 Å². The molecule has 1 saturated carbocycles. The Balaban J connectivity index is 1.25. The summed E-state index contributed by atoms with van der Waals surface area (Å²) in [6.07, 6.45) is 8.71. The van der Waals surface area contributed by atoms with Gasteiger partial charge in [-0.3, -0.25) is 9.36 Å². The van der Waals surface area contributed by atoms with Gasteiger partial charge in [-0.15, -0.1) is 0 Å². The van der Waals surface area contributed by atoms with Gasteiger partial charge >= 0.3 is 0 Å². The summed E-state index contributed by atoms with van der Waals surface area (Å²) in [7, 11) is 0. The number of fused-ring (bicyclic) bond motifs is 1. The van der Waals surface area contributed by atoms with Crippen molar-refractivity contribution in [3.05, 3.63) is 118 Å². The monoisotopic (exact) mass is 632 g/mol. The molecular formula is C37H34F2N6O2. The van der Waals surface area contributed by atoms with E-state index >= 15 is 4.39 Å². The summed E-state index contributed by atoms with van der Waals surface area (Å²) in [5.41, 5.74) is 3.53. The number of ether oxygens (including phenoxy) is 1. The highest BCUT2D eigenvalue weighted by atomic mass is 19.1. The van der Waals surface area contributed by atoms with Crippen LogP contribution < -0.4 is 25.8 Å². The first-order valence-corrected chi connectivity index (χ1v) is 16.0. The van der Waals surface area contributed by atoms with E-state index in [1.54, 1.807) is 41.1 Å². The molecule has 2 N–H and O–H groups in total. The van der Waals surface area contributed by atoms with Crippen molar-refractivity contribution in [1.29, 1.82) is 0 Å². The van der Waals surface area contributed by atoms with Crippen LogP contribution in [0.15, 0.2) is 83.8 Å². The quantitative estimate of drug-likeness (QED) is 0.203. The Labute approximate surface area is 271 Å². The van der Waals surface area contributed by atoms with Crippen molar-refractivity contribution in [3.63, 3.8) is 0 Å². The van der Waals surface area contributed by atoms with Crippen LogP contribution >= 0.6 is 0 Å². The Morgan fingerprint density at radius 1 is 0.957 bits per heavy atom. The van der Waals surface area contributed by atoms with E-state index in [0.717, 1.165) is 44.6 Å². The van der Waals surface area contributed by atoms with Gasteiger partial charge in [0.15, 0.2) is 11.6 Å². The minimum atomic E-state index is -0.548. The lowest BCUT2D eigenvalue weighted by molar-refractivity contribution is 0.469. The lowest BCUT2D eigenvalue weighted by Crippen LogP contribution is -2.43. The third-order valence-corrected chi connectivity index (χ3v) is 8.85. The second-order valence-electron chi connectivity index (χ2n) is 11.9. The molecule has 2 fully saturated rings. The highest BCUT2D eigenvalue weighted by Gasteiger charge is 2.21. The van der Waals surface area contributed by atoms with Crippen LogP contribution in [0.4, 0.5) is 26.1 Å². The minimum Gasteiger partial charge on any atom is -0.404 e. The number of aromatic nitrogens is 3. The lowest BCUT2D eigenvalue weighted by atomic mass is 9.93. The van der Waals surface area contributed by atoms with E-state index in [-0.39, 0.29) is 35.2 Å². The van der Waals surface area contributed by atoms with Crippen LogP contribution in [0.2, 0.25) is 0 Å². The van der Waals surface area contributed by atoms with Crippen LogP contribution in [-0.4, -0.2) is 40.7 Å². The molecule has 238 valence electrons. The minimum absolute atomic E-state index is 0.0249. The number of piperazine rings is 1. The Bertz CT molecular complexity index is 2040. The number of hydrogen-bond donors (Lipinski definition) is 2. The van der Waals surface area contributed by atoms with E-state index in [1.165, 1.54) is 36.6 Å². The van der Waals surface area contributed by atoms with Gasteiger partial charge < -0.3 is 20.3 Å². The molecule has 7 rings (SSSR count). The Morgan fingerprint density at radius 2 is 1.74 bits per heavy atom. The van der Waals surface area contributed by atoms with Crippen LogP contribution in [0.3, 0.4) is 0 Å². The fraction of sp³-hybridized carbons (Fsp3) is 0.270. The van der Waals surface area contributed by atoms with Crippen molar-refractivity contribution >= 4 is 28.4 Å². The van der Waals surface area contributed by atoms with E-state index in [9.17, 15) is 9.18 Å². The molecule has 5 aromatic rings. The highest BCUT2D eigenvalue weighted by Crippen LogP contribution is 2.36. The summed E-state index contributed by atoms with van der Waals surface area (Å²) < 4.78 is 36.2. The number of para-hydroxylation sites is 1. The van der Waals surface area contributed by atoms with Crippen LogP contribution in [0.1, 0.15) is 48.3 Å². The molecule has 1 saturated heterocycles. The maximum Gasteiger partial charge on any atom is 0.268 e. The summed E-state index contributed by atoms with van der Waals surface area (Å²) >= 11 is 0. The van der Waals surface area contributed by atoms with Gasteiger partial charge in [-0.05, 0) is 72.2 Å². The van der Waals surface area contributed by atoms with Crippen molar-refractivity contribution in [2.75, 3.05) is 36.4 Å². The first kappa shape index (κ1) is 30.4. The molecule has 0 unspecified atom stereocenters. The molecule has 8 nitrogen and oxygen atoms in total. The summed E-state index contributed by atoms with van der Waals surface area (Å²) in [6.45, 7) is 3.36. The number of rotatable bonds is 7. The highest BCUT2D eigenvalue weighted by molar-refractivity contribution is 5.77. The van der Waals surface area contributed by atoms with E-state index in [0.29, 0.717) is 28.3 Å². The van der Waals surface area contributed by atoms with E-state index in [2.05, 4.69) is 39.8 Å². The Kier molecular flexibility index (Phi) is 8.80. The average molecular weight is 633 g/mol. The number of halogens is 2. The van der Waals surface area contributed by atoms with Gasteiger partial charge in [0, 0.05) is 43.4 Å². The van der Waals surface area contributed by atoms with Crippen LogP contribution in [0.5, 0.6) is 5.75 Å². The maximum atomic E-state index is 15.2. The standard InChI is InChI=1S/C37H34F2N6O2/c38-31-11-5-6-12-34(31)47-20-15-26-21-28-23-41-37(42-29-13-14-33(32(39)22-29)44-18-16-40-17-19-44)43-35(28)45(36(26)46)24-27-9-3-4-10-30(27)25-7-1-2-8-25/h3-6,9-14,21-23,25,40H,1-2,7-8,16-19,24H2,(H,41,42,43). The topological polar surface area (TPSA) is 84.3 Å². The molecule has 1 aliphatic heterocycles. The zero-order valence-corrected chi connectivity index (χ0v) is 25.8. The predicted octanol–water partition coefficient (Wildman–Crippen LogP) is 6.32. The summed E-state index contributed by atoms with van der Waals surface area (Å²) in [5.74, 6) is 2.54. The molecular weight excluding hydrogens is 598 g/mol. The second kappa shape index (κ2) is 13.6. The van der Waals surface area contributed by atoms with Crippen molar-refractivity contribution in [3.8, 4) is 17.8 Å². The largest absolute Gasteiger partial charge is 0.404 e. The normalized spacial score (nSPS) is 15.0. The number of pyridine rings is 1. The van der Waals surface area contributed by atoms with E-state index < -0.39 is 5.82 Å². The molecule has 0 bridgehead atoms. The van der Waals surface area contributed by atoms with Crippen molar-refractivity contribution < 1.29 is 13.5 Å². The molecule has 3 heterocycles. The molecule has 2 aliphatic rings. The van der Waals surface area contributed by atoms with Gasteiger partial charge in [0.1, 0.15) is 17.6 Å². The first-order valence-electron chi connectivity index (χ1n) is 16.0. The predicted molar refractivity (Wildman–Crippen MR) is 179 cm³/mol. The summed E-state index contributed by atoms with van der Waals surface area (Å²) in [4.78, 5) is 25.3. The fourth-order valence-corrected chi connectivity index (χ4v) is 6.48. The van der Waals surface area contributed by atoms with Crippen LogP contribution in [0.25, 0.3) is 11.0 Å². The first-order chi connectivity index (χ1) is 23.0. The Hall–Kier alpha value is -5.27. The van der Waals surface area contributed by atoms with Gasteiger partial charge in [-0.25, -0.2) is 13.8 Å². The number of nitrogens with one attached hydrogen (secondary N) is 2. The molecule has 2 aromatic heterocycles. The number of benzene rings is 3. The zero-order chi connectivity index (χ0) is 32.2. The SMILES string of the molecule is O=c1c(C#COc2ccccc2F)cc2cnc(Nc3ccc(N4CCNCC4)c(F)c3)nc2n1Cc1ccccc1C1CCCC1. The molecule has 47 heavy (non-hydrogen) atoms. The maximum absolute atomic E-state index is 15.2. The summed E-state index contributed by atoms with van der Waals surface area (Å²) in [6, 6.07) is 20.8. The second-order valence-corrected chi connectivity index (χ2v) is 11.9. The van der Waals surface area contributed by atoms with Gasteiger partial charge in [0.05, 0.1) is 17.8 Å². The average Bonchev–Trinajstić information content (AvgIpc) is 3.63. The smallest absolute Gasteiger partial charge is 0.268 e. The van der Waals surface area contributed by atoms with E-state index in [4.69, 9.17) is 9.72 Å². The molecule has 0 atom stereocenters. The fourth-order valence-electron chi connectivity index (χ4n) is 6.48. The number of hydrogen-bond acceptors (Lipinski definition) is 7. The van der Waals surface area contributed by atoms with Crippen molar-refractivity contribution in [2.24, 2.45) is 0 Å². The van der Waals surface area contributed by atoms with E-state index in [1.807, 2.05) is 17.0 Å². The molecule has 3 aromatic carbocycles. The third kappa shape index (κ3) is 6.67. The number of anilines is 3. The molecule has 1 aliphatic carbocycles. The van der Waals surface area contributed by atoms with Crippen molar-refractivity contribution in [2.45, 2.75) is 38.1 Å².